The summed E-state index contributed by atoms with van der Waals surface area (Å²) in [6.07, 6.45) is 2.13. The number of aromatic nitrogens is 2. The summed E-state index contributed by atoms with van der Waals surface area (Å²) in [5, 5.41) is 0. The van der Waals surface area contributed by atoms with E-state index in [0.717, 1.165) is 36.2 Å². The largest absolute Gasteiger partial charge is 0.486 e. The Morgan fingerprint density at radius 2 is 1.28 bits per heavy atom. The molecular weight excluding hydrogens is 480 g/mol. The molecule has 0 N–H and O–H groups in total. The first-order valence-corrected chi connectivity index (χ1v) is 13.7. The standard InChI is InChI=1S/C34H32N4O/c1-25-33(36-22-31-26(2)39-32-21-13-12-20-30(32)37(31)24-36)35-23-38(25)34(27-14-6-3-7-15-27,28-16-8-4-9-17-28)29-18-10-5-11-19-29/h3-21,23,26,31H,22,24H2,1-2H3. The maximum Gasteiger partial charge on any atom is 0.151 e. The van der Waals surface area contributed by atoms with Gasteiger partial charge in [-0.1, -0.05) is 103 Å². The molecule has 1 fully saturated rings. The molecule has 2 atom stereocenters. The first-order chi connectivity index (χ1) is 19.2. The summed E-state index contributed by atoms with van der Waals surface area (Å²) in [5.41, 5.74) is 5.31. The molecule has 5 heteroatoms. The van der Waals surface area contributed by atoms with Gasteiger partial charge in [-0.05, 0) is 42.7 Å². The molecule has 39 heavy (non-hydrogen) atoms. The molecule has 194 valence electrons. The van der Waals surface area contributed by atoms with E-state index in [1.54, 1.807) is 0 Å². The summed E-state index contributed by atoms with van der Waals surface area (Å²) < 4.78 is 8.67. The number of para-hydroxylation sites is 2. The summed E-state index contributed by atoms with van der Waals surface area (Å²) in [6, 6.07) is 41.0. The predicted molar refractivity (Wildman–Crippen MR) is 157 cm³/mol. The zero-order valence-corrected chi connectivity index (χ0v) is 22.3. The molecule has 2 aliphatic heterocycles. The lowest BCUT2D eigenvalue weighted by Crippen LogP contribution is -2.45. The van der Waals surface area contributed by atoms with Gasteiger partial charge in [0, 0.05) is 6.54 Å². The van der Waals surface area contributed by atoms with E-state index in [1.807, 2.05) is 12.4 Å². The molecule has 0 amide bonds. The lowest BCUT2D eigenvalue weighted by atomic mass is 9.76. The molecule has 5 aromatic rings. The van der Waals surface area contributed by atoms with Crippen LogP contribution in [0, 0.1) is 6.92 Å². The van der Waals surface area contributed by atoms with Crippen LogP contribution in [-0.2, 0) is 5.54 Å². The minimum absolute atomic E-state index is 0.101. The number of ether oxygens (including phenoxy) is 1. The van der Waals surface area contributed by atoms with Crippen LogP contribution in [-0.4, -0.2) is 34.9 Å². The highest BCUT2D eigenvalue weighted by atomic mass is 16.5. The minimum Gasteiger partial charge on any atom is -0.486 e. The molecule has 1 aromatic heterocycles. The molecule has 2 unspecified atom stereocenters. The Morgan fingerprint density at radius 1 is 0.744 bits per heavy atom. The number of hydrogen-bond donors (Lipinski definition) is 0. The molecule has 0 bridgehead atoms. The van der Waals surface area contributed by atoms with Gasteiger partial charge in [-0.2, -0.15) is 0 Å². The van der Waals surface area contributed by atoms with E-state index in [0.29, 0.717) is 0 Å². The van der Waals surface area contributed by atoms with Gasteiger partial charge < -0.3 is 19.1 Å². The van der Waals surface area contributed by atoms with Crippen LogP contribution < -0.4 is 14.5 Å². The zero-order valence-electron chi connectivity index (χ0n) is 22.3. The predicted octanol–water partition coefficient (Wildman–Crippen LogP) is 6.47. The number of rotatable bonds is 5. The van der Waals surface area contributed by atoms with Crippen LogP contribution in [0.25, 0.3) is 0 Å². The fourth-order valence-electron chi connectivity index (χ4n) is 6.56. The average molecular weight is 513 g/mol. The van der Waals surface area contributed by atoms with Gasteiger partial charge in [0.1, 0.15) is 17.4 Å². The highest BCUT2D eigenvalue weighted by Crippen LogP contribution is 2.44. The van der Waals surface area contributed by atoms with Crippen molar-refractivity contribution in [3.8, 4) is 5.75 Å². The van der Waals surface area contributed by atoms with E-state index in [4.69, 9.17) is 9.72 Å². The third-order valence-corrected chi connectivity index (χ3v) is 8.38. The molecule has 0 radical (unpaired) electrons. The molecular formula is C34H32N4O. The SMILES string of the molecule is Cc1c(N2CC3C(C)Oc4ccccc4N3C2)ncn1C(c1ccccc1)(c1ccccc1)c1ccccc1. The maximum atomic E-state index is 6.30. The zero-order chi connectivity index (χ0) is 26.4. The van der Waals surface area contributed by atoms with Gasteiger partial charge in [0.15, 0.2) is 5.82 Å². The van der Waals surface area contributed by atoms with Crippen molar-refractivity contribution in [3.05, 3.63) is 144 Å². The monoisotopic (exact) mass is 512 g/mol. The normalized spacial score (nSPS) is 18.4. The summed E-state index contributed by atoms with van der Waals surface area (Å²) >= 11 is 0. The van der Waals surface area contributed by atoms with E-state index in [9.17, 15) is 0 Å². The molecule has 3 heterocycles. The topological polar surface area (TPSA) is 33.5 Å². The fraction of sp³-hybridized carbons (Fsp3) is 0.206. The van der Waals surface area contributed by atoms with Crippen LogP contribution in [0.15, 0.2) is 122 Å². The fourth-order valence-corrected chi connectivity index (χ4v) is 6.56. The van der Waals surface area contributed by atoms with Crippen molar-refractivity contribution in [2.45, 2.75) is 31.5 Å². The van der Waals surface area contributed by atoms with Crippen LogP contribution in [0.2, 0.25) is 0 Å². The van der Waals surface area contributed by atoms with Crippen LogP contribution in [0.3, 0.4) is 0 Å². The van der Waals surface area contributed by atoms with Crippen LogP contribution in [0.4, 0.5) is 11.5 Å². The van der Waals surface area contributed by atoms with Crippen LogP contribution >= 0.6 is 0 Å². The lowest BCUT2D eigenvalue weighted by Gasteiger charge is -2.38. The molecule has 0 saturated carbocycles. The Hall–Kier alpha value is -4.51. The second-order valence-corrected chi connectivity index (χ2v) is 10.5. The van der Waals surface area contributed by atoms with E-state index < -0.39 is 5.54 Å². The summed E-state index contributed by atoms with van der Waals surface area (Å²) in [4.78, 5) is 9.98. The minimum atomic E-state index is -0.575. The second-order valence-electron chi connectivity index (χ2n) is 10.5. The molecule has 1 saturated heterocycles. The lowest BCUT2D eigenvalue weighted by molar-refractivity contribution is 0.182. The highest BCUT2D eigenvalue weighted by molar-refractivity contribution is 5.65. The maximum absolute atomic E-state index is 6.30. The summed E-state index contributed by atoms with van der Waals surface area (Å²) in [5.74, 6) is 1.97. The number of fused-ring (bicyclic) bond motifs is 3. The van der Waals surface area contributed by atoms with Crippen molar-refractivity contribution >= 4 is 11.5 Å². The van der Waals surface area contributed by atoms with Gasteiger partial charge in [0.25, 0.3) is 0 Å². The molecule has 0 aliphatic carbocycles. The smallest absolute Gasteiger partial charge is 0.151 e. The number of benzene rings is 4. The Morgan fingerprint density at radius 3 is 1.87 bits per heavy atom. The van der Waals surface area contributed by atoms with Crippen LogP contribution in [0.1, 0.15) is 29.3 Å². The molecule has 7 rings (SSSR count). The van der Waals surface area contributed by atoms with E-state index in [-0.39, 0.29) is 12.1 Å². The number of imidazole rings is 1. The summed E-state index contributed by atoms with van der Waals surface area (Å²) in [6.45, 7) is 6.02. The van der Waals surface area contributed by atoms with Gasteiger partial charge in [0.05, 0.1) is 30.4 Å². The van der Waals surface area contributed by atoms with Gasteiger partial charge >= 0.3 is 0 Å². The van der Waals surface area contributed by atoms with Gasteiger partial charge in [-0.3, -0.25) is 0 Å². The third kappa shape index (κ3) is 3.64. The number of hydrogen-bond acceptors (Lipinski definition) is 4. The summed E-state index contributed by atoms with van der Waals surface area (Å²) in [7, 11) is 0. The highest BCUT2D eigenvalue weighted by Gasteiger charge is 2.43. The van der Waals surface area contributed by atoms with Crippen molar-refractivity contribution in [2.24, 2.45) is 0 Å². The van der Waals surface area contributed by atoms with Crippen molar-refractivity contribution < 1.29 is 4.74 Å². The Labute approximate surface area is 229 Å². The van der Waals surface area contributed by atoms with Gasteiger partial charge in [-0.15, -0.1) is 0 Å². The Balaban J connectivity index is 1.38. The average Bonchev–Trinajstić information content (AvgIpc) is 3.60. The van der Waals surface area contributed by atoms with Crippen LogP contribution in [0.5, 0.6) is 5.75 Å². The Kier molecular flexibility index (Phi) is 5.66. The molecule has 2 aliphatic rings. The molecule has 5 nitrogen and oxygen atoms in total. The van der Waals surface area contributed by atoms with Gasteiger partial charge in [-0.25, -0.2) is 4.98 Å². The number of anilines is 2. The number of nitrogens with zero attached hydrogens (tertiary/aromatic N) is 4. The van der Waals surface area contributed by atoms with E-state index in [2.05, 4.69) is 137 Å². The van der Waals surface area contributed by atoms with E-state index >= 15 is 0 Å². The third-order valence-electron chi connectivity index (χ3n) is 8.38. The van der Waals surface area contributed by atoms with E-state index in [1.165, 1.54) is 16.7 Å². The van der Waals surface area contributed by atoms with Crippen molar-refractivity contribution in [2.75, 3.05) is 23.0 Å². The first kappa shape index (κ1) is 23.6. The Bertz CT molecular complexity index is 1490. The van der Waals surface area contributed by atoms with Gasteiger partial charge in [0.2, 0.25) is 0 Å². The quantitative estimate of drug-likeness (QED) is 0.253. The molecule has 0 spiro atoms. The van der Waals surface area contributed by atoms with Crippen molar-refractivity contribution in [1.82, 2.24) is 9.55 Å². The second kappa shape index (κ2) is 9.35. The van der Waals surface area contributed by atoms with Crippen molar-refractivity contribution in [1.29, 1.82) is 0 Å². The first-order valence-electron chi connectivity index (χ1n) is 13.7. The molecule has 4 aromatic carbocycles. The van der Waals surface area contributed by atoms with Crippen molar-refractivity contribution in [3.63, 3.8) is 0 Å².